The van der Waals surface area contributed by atoms with Gasteiger partial charge in [-0.1, -0.05) is 12.1 Å². The van der Waals surface area contributed by atoms with E-state index in [2.05, 4.69) is 26.1 Å². The number of carbonyl (C=O) groups is 2. The number of amides is 2. The number of carbonyl (C=O) groups excluding carboxylic acids is 2. The topological polar surface area (TPSA) is 79.5 Å². The quantitative estimate of drug-likeness (QED) is 0.794. The Balaban J connectivity index is 1.63. The van der Waals surface area contributed by atoms with Crippen molar-refractivity contribution < 1.29 is 14.0 Å². The predicted molar refractivity (Wildman–Crippen MR) is 85.0 cm³/mol. The van der Waals surface area contributed by atoms with Gasteiger partial charge in [0.1, 0.15) is 0 Å². The first kappa shape index (κ1) is 15.7. The molecule has 3 rings (SSSR count). The van der Waals surface area contributed by atoms with Gasteiger partial charge in [-0.15, -0.1) is 10.2 Å². The lowest BCUT2D eigenvalue weighted by Crippen LogP contribution is -2.50. The maximum atomic E-state index is 12.5. The molecular formula is C15H15BrN4O3. The van der Waals surface area contributed by atoms with E-state index < -0.39 is 0 Å². The Morgan fingerprint density at radius 3 is 2.22 bits per heavy atom. The Kier molecular flexibility index (Phi) is 4.42. The fourth-order valence-corrected chi connectivity index (χ4v) is 2.89. The standard InChI is InChI=1S/C15H15BrN4O3/c1-10-17-18-13(23-10)15(22)20-8-6-19(7-9-20)14(21)11-4-2-3-5-12(11)16/h2-5H,6-9H2,1H3. The molecule has 0 bridgehead atoms. The Morgan fingerprint density at radius 1 is 1.04 bits per heavy atom. The van der Waals surface area contributed by atoms with Crippen molar-refractivity contribution in [2.75, 3.05) is 26.2 Å². The maximum absolute atomic E-state index is 12.5. The zero-order valence-corrected chi connectivity index (χ0v) is 14.1. The number of nitrogens with zero attached hydrogens (tertiary/aromatic N) is 4. The van der Waals surface area contributed by atoms with Crippen molar-refractivity contribution in [3.8, 4) is 0 Å². The number of benzene rings is 1. The summed E-state index contributed by atoms with van der Waals surface area (Å²) in [5.74, 6) is 0.0148. The van der Waals surface area contributed by atoms with Gasteiger partial charge < -0.3 is 14.2 Å². The summed E-state index contributed by atoms with van der Waals surface area (Å²) in [5.41, 5.74) is 0.625. The minimum atomic E-state index is -0.293. The highest BCUT2D eigenvalue weighted by Crippen LogP contribution is 2.19. The van der Waals surface area contributed by atoms with Crippen molar-refractivity contribution >= 4 is 27.7 Å². The van der Waals surface area contributed by atoms with Crippen molar-refractivity contribution in [1.29, 1.82) is 0 Å². The van der Waals surface area contributed by atoms with Crippen LogP contribution in [0.2, 0.25) is 0 Å². The summed E-state index contributed by atoms with van der Waals surface area (Å²) in [6.45, 7) is 3.46. The van der Waals surface area contributed by atoms with Gasteiger partial charge in [-0.2, -0.15) is 0 Å². The zero-order chi connectivity index (χ0) is 16.4. The summed E-state index contributed by atoms with van der Waals surface area (Å²) < 4.78 is 5.93. The van der Waals surface area contributed by atoms with Gasteiger partial charge in [-0.25, -0.2) is 0 Å². The molecule has 7 nitrogen and oxygen atoms in total. The predicted octanol–water partition coefficient (Wildman–Crippen LogP) is 1.74. The van der Waals surface area contributed by atoms with Gasteiger partial charge in [0.05, 0.1) is 5.56 Å². The lowest BCUT2D eigenvalue weighted by Gasteiger charge is -2.34. The molecule has 0 saturated carbocycles. The van der Waals surface area contributed by atoms with E-state index in [1.54, 1.807) is 22.8 Å². The lowest BCUT2D eigenvalue weighted by molar-refractivity contribution is 0.0512. The average Bonchev–Trinajstić information content (AvgIpc) is 3.01. The second-order valence-electron chi connectivity index (χ2n) is 5.19. The second-order valence-corrected chi connectivity index (χ2v) is 6.04. The molecule has 0 atom stereocenters. The third-order valence-corrected chi connectivity index (χ3v) is 4.36. The summed E-state index contributed by atoms with van der Waals surface area (Å²) in [6.07, 6.45) is 0. The van der Waals surface area contributed by atoms with E-state index in [-0.39, 0.29) is 17.7 Å². The summed E-state index contributed by atoms with van der Waals surface area (Å²) in [7, 11) is 0. The molecule has 1 aromatic carbocycles. The van der Waals surface area contributed by atoms with Crippen molar-refractivity contribution in [3.63, 3.8) is 0 Å². The minimum Gasteiger partial charge on any atom is -0.417 e. The number of piperazine rings is 1. The molecule has 1 aliphatic rings. The van der Waals surface area contributed by atoms with Crippen LogP contribution < -0.4 is 0 Å². The molecule has 1 saturated heterocycles. The Labute approximate surface area is 141 Å². The Hall–Kier alpha value is -2.22. The highest BCUT2D eigenvalue weighted by molar-refractivity contribution is 9.10. The number of hydrogen-bond acceptors (Lipinski definition) is 5. The van der Waals surface area contributed by atoms with Crippen LogP contribution in [0.15, 0.2) is 33.2 Å². The van der Waals surface area contributed by atoms with Gasteiger partial charge in [0.25, 0.3) is 5.91 Å². The van der Waals surface area contributed by atoms with Gasteiger partial charge in [-0.05, 0) is 28.1 Å². The SMILES string of the molecule is Cc1nnc(C(=O)N2CCN(C(=O)c3ccccc3Br)CC2)o1. The van der Waals surface area contributed by atoms with E-state index in [0.717, 1.165) is 4.47 Å². The third kappa shape index (κ3) is 3.26. The van der Waals surface area contributed by atoms with E-state index in [1.807, 2.05) is 18.2 Å². The molecule has 1 aromatic heterocycles. The largest absolute Gasteiger partial charge is 0.417 e. The number of aryl methyl sites for hydroxylation is 1. The van der Waals surface area contributed by atoms with E-state index in [0.29, 0.717) is 37.6 Å². The smallest absolute Gasteiger partial charge is 0.311 e. The van der Waals surface area contributed by atoms with Crippen LogP contribution in [0.1, 0.15) is 26.9 Å². The molecule has 1 fully saturated rings. The summed E-state index contributed by atoms with van der Waals surface area (Å²) in [5, 5.41) is 7.40. The van der Waals surface area contributed by atoms with Crippen molar-refractivity contribution in [1.82, 2.24) is 20.0 Å². The van der Waals surface area contributed by atoms with Crippen LogP contribution in [0.3, 0.4) is 0 Å². The molecule has 120 valence electrons. The van der Waals surface area contributed by atoms with Crippen LogP contribution in [0.25, 0.3) is 0 Å². The van der Waals surface area contributed by atoms with E-state index in [9.17, 15) is 9.59 Å². The molecule has 1 aliphatic heterocycles. The molecule has 23 heavy (non-hydrogen) atoms. The zero-order valence-electron chi connectivity index (χ0n) is 12.5. The minimum absolute atomic E-state index is 0.00641. The lowest BCUT2D eigenvalue weighted by atomic mass is 10.2. The molecule has 0 spiro atoms. The second kappa shape index (κ2) is 6.49. The van der Waals surface area contributed by atoms with Crippen molar-refractivity contribution in [2.45, 2.75) is 6.92 Å². The molecule has 0 radical (unpaired) electrons. The van der Waals surface area contributed by atoms with Gasteiger partial charge in [0, 0.05) is 37.6 Å². The van der Waals surface area contributed by atoms with Crippen LogP contribution in [0.5, 0.6) is 0 Å². The first-order valence-electron chi connectivity index (χ1n) is 7.19. The van der Waals surface area contributed by atoms with E-state index in [1.165, 1.54) is 0 Å². The first-order valence-corrected chi connectivity index (χ1v) is 7.99. The van der Waals surface area contributed by atoms with Gasteiger partial charge in [0.2, 0.25) is 5.89 Å². The molecule has 0 unspecified atom stereocenters. The van der Waals surface area contributed by atoms with Gasteiger partial charge in [-0.3, -0.25) is 9.59 Å². The van der Waals surface area contributed by atoms with Crippen LogP contribution >= 0.6 is 15.9 Å². The number of aromatic nitrogens is 2. The molecule has 2 heterocycles. The van der Waals surface area contributed by atoms with Crippen LogP contribution in [-0.4, -0.2) is 58.0 Å². The maximum Gasteiger partial charge on any atom is 0.311 e. The van der Waals surface area contributed by atoms with Crippen LogP contribution in [0, 0.1) is 6.92 Å². The summed E-state index contributed by atoms with van der Waals surface area (Å²) in [6, 6.07) is 7.32. The molecule has 0 N–H and O–H groups in total. The Bertz CT molecular complexity index is 738. The number of hydrogen-bond donors (Lipinski definition) is 0. The van der Waals surface area contributed by atoms with Gasteiger partial charge in [0.15, 0.2) is 0 Å². The monoisotopic (exact) mass is 378 g/mol. The van der Waals surface area contributed by atoms with Crippen molar-refractivity contribution in [3.05, 3.63) is 46.1 Å². The first-order chi connectivity index (χ1) is 11.1. The van der Waals surface area contributed by atoms with E-state index in [4.69, 9.17) is 4.42 Å². The van der Waals surface area contributed by atoms with Crippen molar-refractivity contribution in [2.24, 2.45) is 0 Å². The highest BCUT2D eigenvalue weighted by atomic mass is 79.9. The fraction of sp³-hybridized carbons (Fsp3) is 0.333. The van der Waals surface area contributed by atoms with E-state index >= 15 is 0 Å². The average molecular weight is 379 g/mol. The molecule has 2 aromatic rings. The van der Waals surface area contributed by atoms with Crippen LogP contribution in [-0.2, 0) is 0 Å². The molecule has 0 aliphatic carbocycles. The highest BCUT2D eigenvalue weighted by Gasteiger charge is 2.28. The van der Waals surface area contributed by atoms with Crippen LogP contribution in [0.4, 0.5) is 0 Å². The molecule has 8 heteroatoms. The molecular weight excluding hydrogens is 364 g/mol. The van der Waals surface area contributed by atoms with Gasteiger partial charge >= 0.3 is 11.8 Å². The number of rotatable bonds is 2. The summed E-state index contributed by atoms with van der Waals surface area (Å²) in [4.78, 5) is 28.1. The third-order valence-electron chi connectivity index (χ3n) is 3.67. The fourth-order valence-electron chi connectivity index (χ4n) is 2.44. The molecule has 2 amide bonds. The normalized spacial score (nSPS) is 14.9. The Morgan fingerprint density at radius 2 is 1.65 bits per heavy atom. The summed E-state index contributed by atoms with van der Waals surface area (Å²) >= 11 is 3.39. The number of halogens is 1.